The summed E-state index contributed by atoms with van der Waals surface area (Å²) in [4.78, 5) is 0. The van der Waals surface area contributed by atoms with Gasteiger partial charge in [-0.25, -0.2) is 4.39 Å². The zero-order valence-corrected chi connectivity index (χ0v) is 7.52. The molecule has 0 radical (unpaired) electrons. The van der Waals surface area contributed by atoms with Crippen LogP contribution in [-0.4, -0.2) is 0 Å². The minimum atomic E-state index is -0.131. The lowest BCUT2D eigenvalue weighted by molar-refractivity contribution is 0.616. The van der Waals surface area contributed by atoms with Gasteiger partial charge in [-0.05, 0) is 37.5 Å². The van der Waals surface area contributed by atoms with Crippen LogP contribution in [-0.2, 0) is 6.42 Å². The average molecular weight is 164 g/mol. The standard InChI is InChI=1S/C11H13F/c1-8(2)7-10-5-4-6-11(12)9(10)3/h4-6H,1,7H2,2-3H3. The molecule has 0 saturated heterocycles. The lowest BCUT2D eigenvalue weighted by atomic mass is 10.0. The molecule has 1 aromatic rings. The van der Waals surface area contributed by atoms with Crippen LogP contribution in [0.2, 0.25) is 0 Å². The Morgan fingerprint density at radius 2 is 2.17 bits per heavy atom. The highest BCUT2D eigenvalue weighted by Gasteiger charge is 2.02. The summed E-state index contributed by atoms with van der Waals surface area (Å²) in [7, 11) is 0. The Hall–Kier alpha value is -1.11. The third-order valence-corrected chi connectivity index (χ3v) is 1.87. The van der Waals surface area contributed by atoms with Gasteiger partial charge in [0.05, 0.1) is 0 Å². The number of allylic oxidation sites excluding steroid dienone is 1. The van der Waals surface area contributed by atoms with Gasteiger partial charge in [-0.1, -0.05) is 24.3 Å². The van der Waals surface area contributed by atoms with Gasteiger partial charge in [0, 0.05) is 0 Å². The molecule has 0 fully saturated rings. The second-order valence-corrected chi connectivity index (χ2v) is 3.16. The van der Waals surface area contributed by atoms with Gasteiger partial charge < -0.3 is 0 Å². The van der Waals surface area contributed by atoms with Crippen molar-refractivity contribution >= 4 is 0 Å². The van der Waals surface area contributed by atoms with Crippen LogP contribution in [0.25, 0.3) is 0 Å². The Labute approximate surface area is 72.7 Å². The monoisotopic (exact) mass is 164 g/mol. The first kappa shape index (κ1) is 8.98. The maximum absolute atomic E-state index is 13.0. The Kier molecular flexibility index (Phi) is 2.64. The molecule has 12 heavy (non-hydrogen) atoms. The molecule has 0 nitrogen and oxygen atoms in total. The Bertz CT molecular complexity index is 300. The Morgan fingerprint density at radius 3 is 2.75 bits per heavy atom. The highest BCUT2D eigenvalue weighted by atomic mass is 19.1. The Balaban J connectivity index is 3.00. The molecule has 0 aliphatic heterocycles. The van der Waals surface area contributed by atoms with E-state index in [-0.39, 0.29) is 5.82 Å². The molecule has 1 aromatic carbocycles. The molecule has 0 aliphatic rings. The fourth-order valence-electron chi connectivity index (χ4n) is 1.17. The van der Waals surface area contributed by atoms with Crippen LogP contribution in [0.1, 0.15) is 18.1 Å². The van der Waals surface area contributed by atoms with Gasteiger partial charge in [0.2, 0.25) is 0 Å². The summed E-state index contributed by atoms with van der Waals surface area (Å²) in [6.07, 6.45) is 0.767. The lowest BCUT2D eigenvalue weighted by Gasteiger charge is -2.05. The molecule has 0 aromatic heterocycles. The summed E-state index contributed by atoms with van der Waals surface area (Å²) in [5, 5.41) is 0. The first-order valence-electron chi connectivity index (χ1n) is 3.99. The van der Waals surface area contributed by atoms with E-state index in [0.29, 0.717) is 0 Å². The predicted octanol–water partition coefficient (Wildman–Crippen LogP) is 3.25. The first-order chi connectivity index (χ1) is 5.61. The number of hydrogen-bond acceptors (Lipinski definition) is 0. The van der Waals surface area contributed by atoms with Crippen LogP contribution in [0.5, 0.6) is 0 Å². The van der Waals surface area contributed by atoms with Crippen LogP contribution in [0.15, 0.2) is 30.4 Å². The van der Waals surface area contributed by atoms with E-state index in [2.05, 4.69) is 6.58 Å². The molecule has 0 unspecified atom stereocenters. The van der Waals surface area contributed by atoms with Crippen molar-refractivity contribution in [2.75, 3.05) is 0 Å². The van der Waals surface area contributed by atoms with Crippen molar-refractivity contribution in [1.82, 2.24) is 0 Å². The van der Waals surface area contributed by atoms with Crippen LogP contribution in [0.4, 0.5) is 4.39 Å². The zero-order chi connectivity index (χ0) is 9.14. The lowest BCUT2D eigenvalue weighted by Crippen LogP contribution is -1.92. The average Bonchev–Trinajstić information content (AvgIpc) is 1.98. The van der Waals surface area contributed by atoms with Crippen LogP contribution >= 0.6 is 0 Å². The molecule has 1 heteroatoms. The normalized spacial score (nSPS) is 9.92. The topological polar surface area (TPSA) is 0 Å². The van der Waals surface area contributed by atoms with Crippen molar-refractivity contribution < 1.29 is 4.39 Å². The van der Waals surface area contributed by atoms with Gasteiger partial charge in [0.15, 0.2) is 0 Å². The summed E-state index contributed by atoms with van der Waals surface area (Å²) in [5.41, 5.74) is 2.83. The van der Waals surface area contributed by atoms with Crippen molar-refractivity contribution in [2.45, 2.75) is 20.3 Å². The molecule has 0 amide bonds. The summed E-state index contributed by atoms with van der Waals surface area (Å²) in [6.45, 7) is 7.55. The number of benzene rings is 1. The van der Waals surface area contributed by atoms with E-state index in [0.717, 1.165) is 23.1 Å². The summed E-state index contributed by atoms with van der Waals surface area (Å²) >= 11 is 0. The van der Waals surface area contributed by atoms with E-state index < -0.39 is 0 Å². The second-order valence-electron chi connectivity index (χ2n) is 3.16. The van der Waals surface area contributed by atoms with E-state index in [1.165, 1.54) is 6.07 Å². The van der Waals surface area contributed by atoms with Crippen LogP contribution in [0, 0.1) is 12.7 Å². The van der Waals surface area contributed by atoms with Gasteiger partial charge in [0.1, 0.15) is 5.82 Å². The van der Waals surface area contributed by atoms with E-state index in [1.807, 2.05) is 13.0 Å². The number of hydrogen-bond donors (Lipinski definition) is 0. The third kappa shape index (κ3) is 1.94. The minimum Gasteiger partial charge on any atom is -0.207 e. The van der Waals surface area contributed by atoms with Gasteiger partial charge in [-0.15, -0.1) is 0 Å². The Morgan fingerprint density at radius 1 is 1.50 bits per heavy atom. The summed E-state index contributed by atoms with van der Waals surface area (Å²) in [6, 6.07) is 5.16. The number of halogens is 1. The first-order valence-corrected chi connectivity index (χ1v) is 3.99. The predicted molar refractivity (Wildman–Crippen MR) is 49.7 cm³/mol. The second kappa shape index (κ2) is 3.53. The largest absolute Gasteiger partial charge is 0.207 e. The van der Waals surface area contributed by atoms with Gasteiger partial charge in [-0.2, -0.15) is 0 Å². The summed E-state index contributed by atoms with van der Waals surface area (Å²) < 4.78 is 13.0. The maximum Gasteiger partial charge on any atom is 0.126 e. The van der Waals surface area contributed by atoms with Crippen molar-refractivity contribution in [1.29, 1.82) is 0 Å². The molecule has 0 spiro atoms. The molecule has 0 bridgehead atoms. The fraction of sp³-hybridized carbons (Fsp3) is 0.273. The molecule has 64 valence electrons. The number of rotatable bonds is 2. The molecule has 0 atom stereocenters. The maximum atomic E-state index is 13.0. The highest BCUT2D eigenvalue weighted by Crippen LogP contribution is 2.14. The SMILES string of the molecule is C=C(C)Cc1cccc(F)c1C. The van der Waals surface area contributed by atoms with Crippen LogP contribution < -0.4 is 0 Å². The van der Waals surface area contributed by atoms with Crippen LogP contribution in [0.3, 0.4) is 0 Å². The molecular weight excluding hydrogens is 151 g/mol. The highest BCUT2D eigenvalue weighted by molar-refractivity contribution is 5.30. The molecule has 0 saturated carbocycles. The molecule has 0 heterocycles. The van der Waals surface area contributed by atoms with Crippen molar-refractivity contribution in [3.63, 3.8) is 0 Å². The fourth-order valence-corrected chi connectivity index (χ4v) is 1.17. The molecule has 1 rings (SSSR count). The van der Waals surface area contributed by atoms with Crippen molar-refractivity contribution in [3.8, 4) is 0 Å². The smallest absolute Gasteiger partial charge is 0.126 e. The van der Waals surface area contributed by atoms with E-state index in [4.69, 9.17) is 0 Å². The molecule has 0 N–H and O–H groups in total. The van der Waals surface area contributed by atoms with Crippen molar-refractivity contribution in [3.05, 3.63) is 47.3 Å². The van der Waals surface area contributed by atoms with Gasteiger partial charge >= 0.3 is 0 Å². The third-order valence-electron chi connectivity index (χ3n) is 1.87. The minimum absolute atomic E-state index is 0.131. The molecular formula is C11H13F. The van der Waals surface area contributed by atoms with E-state index in [1.54, 1.807) is 13.0 Å². The van der Waals surface area contributed by atoms with Gasteiger partial charge in [-0.3, -0.25) is 0 Å². The molecule has 0 aliphatic carbocycles. The van der Waals surface area contributed by atoms with E-state index in [9.17, 15) is 4.39 Å². The summed E-state index contributed by atoms with van der Waals surface area (Å²) in [5.74, 6) is -0.131. The van der Waals surface area contributed by atoms with E-state index >= 15 is 0 Å². The van der Waals surface area contributed by atoms with Crippen molar-refractivity contribution in [2.24, 2.45) is 0 Å². The zero-order valence-electron chi connectivity index (χ0n) is 7.52. The quantitative estimate of drug-likeness (QED) is 0.588. The van der Waals surface area contributed by atoms with Gasteiger partial charge in [0.25, 0.3) is 0 Å².